The number of rotatable bonds is 3. The van der Waals surface area contributed by atoms with Gasteiger partial charge in [0.15, 0.2) is 0 Å². The molecule has 4 nitrogen and oxygen atoms in total. The van der Waals surface area contributed by atoms with Crippen molar-refractivity contribution >= 4 is 5.91 Å². The molecule has 0 aromatic heterocycles. The van der Waals surface area contributed by atoms with Crippen molar-refractivity contribution in [2.24, 2.45) is 5.92 Å². The smallest absolute Gasteiger partial charge is 0.226 e. The summed E-state index contributed by atoms with van der Waals surface area (Å²) >= 11 is 0. The number of nitrogens with zero attached hydrogens (tertiary/aromatic N) is 2. The predicted molar refractivity (Wildman–Crippen MR) is 89.1 cm³/mol. The van der Waals surface area contributed by atoms with Gasteiger partial charge in [-0.05, 0) is 37.2 Å². The zero-order valence-corrected chi connectivity index (χ0v) is 13.6. The quantitative estimate of drug-likeness (QED) is 0.926. The van der Waals surface area contributed by atoms with Crippen LogP contribution in [0.15, 0.2) is 30.3 Å². The molecule has 1 aromatic rings. The zero-order valence-electron chi connectivity index (χ0n) is 13.6. The van der Waals surface area contributed by atoms with E-state index in [1.807, 2.05) is 11.0 Å². The van der Waals surface area contributed by atoms with Gasteiger partial charge in [0.2, 0.25) is 5.91 Å². The van der Waals surface area contributed by atoms with E-state index in [2.05, 4.69) is 29.2 Å². The fraction of sp³-hybridized carbons (Fsp3) is 0.632. The van der Waals surface area contributed by atoms with Crippen LogP contribution in [0.4, 0.5) is 0 Å². The summed E-state index contributed by atoms with van der Waals surface area (Å²) in [6.07, 6.45) is 4.01. The van der Waals surface area contributed by atoms with E-state index >= 15 is 0 Å². The summed E-state index contributed by atoms with van der Waals surface area (Å²) in [5.41, 5.74) is 1.30. The number of carbonyl (C=O) groups excluding carboxylic acids is 1. The summed E-state index contributed by atoms with van der Waals surface area (Å²) in [5, 5.41) is 10.1. The lowest BCUT2D eigenvalue weighted by Crippen LogP contribution is -2.54. The second-order valence-corrected chi connectivity index (χ2v) is 7.29. The first-order valence-electron chi connectivity index (χ1n) is 9.00. The summed E-state index contributed by atoms with van der Waals surface area (Å²) in [5.74, 6) is 0.963. The fourth-order valence-electron chi connectivity index (χ4n) is 4.39. The monoisotopic (exact) mass is 314 g/mol. The molecule has 1 aromatic carbocycles. The molecule has 1 heterocycles. The molecule has 1 N–H and O–H groups in total. The maximum absolute atomic E-state index is 12.7. The molecule has 23 heavy (non-hydrogen) atoms. The molecule has 4 heteroatoms. The highest BCUT2D eigenvalue weighted by Crippen LogP contribution is 2.48. The third-order valence-corrected chi connectivity index (χ3v) is 5.87. The highest BCUT2D eigenvalue weighted by molar-refractivity contribution is 5.83. The van der Waals surface area contributed by atoms with Gasteiger partial charge in [0.1, 0.15) is 0 Å². The van der Waals surface area contributed by atoms with Gasteiger partial charge in [0, 0.05) is 38.1 Å². The van der Waals surface area contributed by atoms with Crippen molar-refractivity contribution in [1.82, 2.24) is 9.80 Å². The third kappa shape index (κ3) is 3.02. The van der Waals surface area contributed by atoms with Crippen LogP contribution in [0.25, 0.3) is 0 Å². The molecule has 3 fully saturated rings. The van der Waals surface area contributed by atoms with Gasteiger partial charge in [0.25, 0.3) is 0 Å². The van der Waals surface area contributed by atoms with Gasteiger partial charge in [-0.2, -0.15) is 0 Å². The Hall–Kier alpha value is -1.39. The molecule has 3 aliphatic rings. The van der Waals surface area contributed by atoms with E-state index in [0.717, 1.165) is 51.9 Å². The first-order chi connectivity index (χ1) is 11.2. The van der Waals surface area contributed by atoms with Crippen molar-refractivity contribution in [3.05, 3.63) is 35.9 Å². The van der Waals surface area contributed by atoms with Crippen LogP contribution in [0.5, 0.6) is 0 Å². The van der Waals surface area contributed by atoms with Gasteiger partial charge in [0.05, 0.1) is 6.10 Å². The Bertz CT molecular complexity index is 554. The minimum Gasteiger partial charge on any atom is -0.391 e. The number of piperazine rings is 1. The van der Waals surface area contributed by atoms with E-state index in [4.69, 9.17) is 0 Å². The first-order valence-corrected chi connectivity index (χ1v) is 9.00. The van der Waals surface area contributed by atoms with Gasteiger partial charge in [-0.1, -0.05) is 30.3 Å². The van der Waals surface area contributed by atoms with E-state index in [-0.39, 0.29) is 12.0 Å². The Kier molecular flexibility index (Phi) is 4.12. The van der Waals surface area contributed by atoms with Crippen LogP contribution in [0.3, 0.4) is 0 Å². The van der Waals surface area contributed by atoms with E-state index in [1.165, 1.54) is 5.56 Å². The van der Waals surface area contributed by atoms with Crippen LogP contribution in [-0.2, 0) is 4.79 Å². The number of hydrogen-bond donors (Lipinski definition) is 1. The molecule has 0 spiro atoms. The Morgan fingerprint density at radius 2 is 1.78 bits per heavy atom. The molecule has 0 radical (unpaired) electrons. The molecular weight excluding hydrogens is 288 g/mol. The van der Waals surface area contributed by atoms with Gasteiger partial charge >= 0.3 is 0 Å². The molecule has 0 bridgehead atoms. The van der Waals surface area contributed by atoms with Crippen molar-refractivity contribution in [2.45, 2.75) is 43.7 Å². The summed E-state index contributed by atoms with van der Waals surface area (Å²) in [6, 6.07) is 10.7. The lowest BCUT2D eigenvalue weighted by atomic mass is 10.1. The van der Waals surface area contributed by atoms with Crippen molar-refractivity contribution < 1.29 is 9.90 Å². The second kappa shape index (κ2) is 6.25. The van der Waals surface area contributed by atoms with Crippen LogP contribution in [-0.4, -0.2) is 59.1 Å². The molecule has 1 amide bonds. The van der Waals surface area contributed by atoms with Crippen LogP contribution in [0.2, 0.25) is 0 Å². The van der Waals surface area contributed by atoms with Crippen LogP contribution in [0, 0.1) is 5.92 Å². The second-order valence-electron chi connectivity index (χ2n) is 7.29. The summed E-state index contributed by atoms with van der Waals surface area (Å²) in [4.78, 5) is 17.1. The normalized spacial score (nSPS) is 34.6. The minimum absolute atomic E-state index is 0.164. The maximum atomic E-state index is 12.7. The first kappa shape index (κ1) is 15.2. The fourth-order valence-corrected chi connectivity index (χ4v) is 4.39. The molecule has 1 saturated heterocycles. The Labute approximate surface area is 138 Å². The largest absolute Gasteiger partial charge is 0.391 e. The zero-order chi connectivity index (χ0) is 15.8. The number of aliphatic hydroxyl groups excluding tert-OH is 1. The van der Waals surface area contributed by atoms with Crippen LogP contribution in [0.1, 0.15) is 37.2 Å². The number of hydrogen-bond acceptors (Lipinski definition) is 3. The lowest BCUT2D eigenvalue weighted by Gasteiger charge is -2.39. The van der Waals surface area contributed by atoms with Crippen molar-refractivity contribution in [3.63, 3.8) is 0 Å². The van der Waals surface area contributed by atoms with E-state index in [0.29, 0.717) is 17.9 Å². The highest BCUT2D eigenvalue weighted by Gasteiger charge is 2.46. The summed E-state index contributed by atoms with van der Waals surface area (Å²) < 4.78 is 0. The molecule has 2 saturated carbocycles. The van der Waals surface area contributed by atoms with Crippen LogP contribution < -0.4 is 0 Å². The van der Waals surface area contributed by atoms with E-state index in [9.17, 15) is 9.90 Å². The molecule has 2 aliphatic carbocycles. The summed E-state index contributed by atoms with van der Waals surface area (Å²) in [7, 11) is 0. The Morgan fingerprint density at radius 1 is 1.04 bits per heavy atom. The Morgan fingerprint density at radius 3 is 2.43 bits per heavy atom. The third-order valence-electron chi connectivity index (χ3n) is 5.87. The topological polar surface area (TPSA) is 43.8 Å². The van der Waals surface area contributed by atoms with Crippen molar-refractivity contribution in [3.8, 4) is 0 Å². The van der Waals surface area contributed by atoms with E-state index in [1.54, 1.807) is 0 Å². The highest BCUT2D eigenvalue weighted by atomic mass is 16.3. The average molecular weight is 314 g/mol. The molecule has 4 atom stereocenters. The SMILES string of the molecule is O=C([C@@H]1C[C@@H]1c1ccccc1)N1CCN([C@H]2CCC[C@@H]2O)CC1. The van der Waals surface area contributed by atoms with E-state index < -0.39 is 0 Å². The standard InChI is InChI=1S/C19H26N2O2/c22-18-8-4-7-17(18)20-9-11-21(12-10-20)19(23)16-13-15(16)14-5-2-1-3-6-14/h1-3,5-6,15-18,22H,4,7-13H2/t15-,16-,17+,18+/m1/s1. The molecule has 0 unspecified atom stereocenters. The van der Waals surface area contributed by atoms with Gasteiger partial charge in [-0.3, -0.25) is 9.69 Å². The molecular formula is C19H26N2O2. The lowest BCUT2D eigenvalue weighted by molar-refractivity contribution is -0.135. The molecule has 1 aliphatic heterocycles. The summed E-state index contributed by atoms with van der Waals surface area (Å²) in [6.45, 7) is 3.46. The van der Waals surface area contributed by atoms with Gasteiger partial charge in [-0.15, -0.1) is 0 Å². The van der Waals surface area contributed by atoms with Gasteiger partial charge < -0.3 is 10.0 Å². The maximum Gasteiger partial charge on any atom is 0.226 e. The minimum atomic E-state index is -0.164. The Balaban J connectivity index is 1.30. The van der Waals surface area contributed by atoms with Crippen molar-refractivity contribution in [1.29, 1.82) is 0 Å². The molecule has 124 valence electrons. The number of amides is 1. The molecule has 4 rings (SSSR count). The predicted octanol–water partition coefficient (Wildman–Crippen LogP) is 1.85. The number of aliphatic hydroxyl groups is 1. The number of benzene rings is 1. The van der Waals surface area contributed by atoms with Crippen molar-refractivity contribution in [2.75, 3.05) is 26.2 Å². The van der Waals surface area contributed by atoms with Gasteiger partial charge in [-0.25, -0.2) is 0 Å². The average Bonchev–Trinajstić information content (AvgIpc) is 3.29. The number of carbonyl (C=O) groups is 1. The van der Waals surface area contributed by atoms with Crippen LogP contribution >= 0.6 is 0 Å².